The first kappa shape index (κ1) is 29.1. The van der Waals surface area contributed by atoms with Crippen molar-refractivity contribution < 1.29 is 22.9 Å². The van der Waals surface area contributed by atoms with Gasteiger partial charge in [0.05, 0.1) is 16.9 Å². The predicted octanol–water partition coefficient (Wildman–Crippen LogP) is 3.66. The Kier molecular flexibility index (Phi) is 10.2. The molecular weight excluding hydrogens is 508 g/mol. The minimum Gasteiger partial charge on any atom is -0.354 e. The summed E-state index contributed by atoms with van der Waals surface area (Å²) in [6, 6.07) is 9.72. The van der Waals surface area contributed by atoms with E-state index in [0.29, 0.717) is 35.5 Å². The molecule has 0 saturated carbocycles. The number of nitro benzene ring substituents is 1. The van der Waals surface area contributed by atoms with Gasteiger partial charge in [-0.15, -0.1) is 0 Å². The molecule has 36 heavy (non-hydrogen) atoms. The molecule has 1 unspecified atom stereocenters. The quantitative estimate of drug-likeness (QED) is 0.324. The van der Waals surface area contributed by atoms with E-state index in [0.717, 1.165) is 16.6 Å². The molecule has 2 amide bonds. The number of aryl methyl sites for hydroxylation is 1. The summed E-state index contributed by atoms with van der Waals surface area (Å²) in [5.41, 5.74) is 0.859. The number of benzene rings is 2. The van der Waals surface area contributed by atoms with Crippen LogP contribution in [0.3, 0.4) is 0 Å². The lowest BCUT2D eigenvalue weighted by molar-refractivity contribution is -0.384. The number of anilines is 1. The summed E-state index contributed by atoms with van der Waals surface area (Å²) >= 11 is 5.98. The number of hydrogen-bond donors (Lipinski definition) is 1. The zero-order chi connectivity index (χ0) is 27.0. The molecule has 0 aliphatic heterocycles. The van der Waals surface area contributed by atoms with Crippen LogP contribution in [0, 0.1) is 17.0 Å². The number of nitrogens with one attached hydrogen (secondary N) is 1. The Balaban J connectivity index is 2.50. The van der Waals surface area contributed by atoms with Crippen LogP contribution in [-0.2, 0) is 26.2 Å². The van der Waals surface area contributed by atoms with E-state index in [9.17, 15) is 28.1 Å². The normalized spacial score (nSPS) is 12.0. The molecule has 2 aromatic carbocycles. The van der Waals surface area contributed by atoms with Gasteiger partial charge in [-0.25, -0.2) is 8.42 Å². The topological polar surface area (TPSA) is 130 Å². The van der Waals surface area contributed by atoms with Crippen LogP contribution in [0.1, 0.15) is 37.8 Å². The smallest absolute Gasteiger partial charge is 0.271 e. The first-order valence-electron chi connectivity index (χ1n) is 11.4. The third-order valence-electron chi connectivity index (χ3n) is 5.55. The molecule has 0 aliphatic carbocycles. The molecule has 12 heteroatoms. The van der Waals surface area contributed by atoms with E-state index in [2.05, 4.69) is 5.32 Å². The molecular formula is C24H31ClN4O6S. The highest BCUT2D eigenvalue weighted by Crippen LogP contribution is 2.28. The van der Waals surface area contributed by atoms with Gasteiger partial charge in [-0.05, 0) is 43.0 Å². The van der Waals surface area contributed by atoms with Crippen molar-refractivity contribution in [1.29, 1.82) is 0 Å². The largest absolute Gasteiger partial charge is 0.354 e. The monoisotopic (exact) mass is 538 g/mol. The van der Waals surface area contributed by atoms with Crippen molar-refractivity contribution in [3.05, 3.63) is 68.7 Å². The van der Waals surface area contributed by atoms with Crippen LogP contribution < -0.4 is 9.62 Å². The molecule has 2 rings (SSSR count). The molecule has 10 nitrogen and oxygen atoms in total. The summed E-state index contributed by atoms with van der Waals surface area (Å²) in [6.45, 7) is 5.10. The van der Waals surface area contributed by atoms with Crippen molar-refractivity contribution in [3.63, 3.8) is 0 Å². The van der Waals surface area contributed by atoms with Gasteiger partial charge in [-0.2, -0.15) is 0 Å². The van der Waals surface area contributed by atoms with Crippen molar-refractivity contribution in [2.24, 2.45) is 0 Å². The Morgan fingerprint density at radius 1 is 1.14 bits per heavy atom. The van der Waals surface area contributed by atoms with Crippen LogP contribution >= 0.6 is 11.6 Å². The SMILES string of the molecule is CCCNC(=O)C(CC)N(Cc1ccc(Cl)cc1)C(=O)CN(c1cc([N+](=O)[O-])ccc1C)S(C)(=O)=O. The maximum atomic E-state index is 13.6. The van der Waals surface area contributed by atoms with Crippen LogP contribution in [-0.4, -0.2) is 55.4 Å². The number of hydrogen-bond acceptors (Lipinski definition) is 6. The molecule has 0 fully saturated rings. The van der Waals surface area contributed by atoms with Gasteiger partial charge >= 0.3 is 0 Å². The highest BCUT2D eigenvalue weighted by molar-refractivity contribution is 7.92. The minimum atomic E-state index is -4.01. The fourth-order valence-electron chi connectivity index (χ4n) is 3.65. The third kappa shape index (κ3) is 7.66. The van der Waals surface area contributed by atoms with Crippen LogP contribution in [0.15, 0.2) is 42.5 Å². The molecule has 0 spiro atoms. The summed E-state index contributed by atoms with van der Waals surface area (Å²) in [6.07, 6.45) is 1.93. The summed E-state index contributed by atoms with van der Waals surface area (Å²) < 4.78 is 26.3. The van der Waals surface area contributed by atoms with Crippen LogP contribution in [0.25, 0.3) is 0 Å². The predicted molar refractivity (Wildman–Crippen MR) is 139 cm³/mol. The van der Waals surface area contributed by atoms with E-state index in [-0.39, 0.29) is 23.8 Å². The van der Waals surface area contributed by atoms with Gasteiger partial charge in [-0.3, -0.25) is 24.0 Å². The van der Waals surface area contributed by atoms with E-state index < -0.39 is 33.4 Å². The summed E-state index contributed by atoms with van der Waals surface area (Å²) in [5.74, 6) is -0.973. The van der Waals surface area contributed by atoms with Crippen molar-refractivity contribution in [2.75, 3.05) is 23.7 Å². The molecule has 0 aromatic heterocycles. The second-order valence-electron chi connectivity index (χ2n) is 8.36. The minimum absolute atomic E-state index is 0.0231. The number of amides is 2. The zero-order valence-electron chi connectivity index (χ0n) is 20.7. The number of sulfonamides is 1. The Bertz CT molecular complexity index is 1200. The Labute approximate surface area is 216 Å². The zero-order valence-corrected chi connectivity index (χ0v) is 22.3. The standard InChI is InChI=1S/C24H31ClN4O6S/c1-5-13-26-24(31)21(6-2)27(15-18-8-10-19(25)11-9-18)23(30)16-28(36(4,34)35)22-14-20(29(32)33)12-7-17(22)3/h7-12,14,21H,5-6,13,15-16H2,1-4H3,(H,26,31). The van der Waals surface area contributed by atoms with Gasteiger partial charge in [-0.1, -0.05) is 43.6 Å². The summed E-state index contributed by atoms with van der Waals surface area (Å²) in [4.78, 5) is 38.5. The molecule has 0 bridgehead atoms. The molecule has 0 saturated heterocycles. The average molecular weight is 539 g/mol. The van der Waals surface area contributed by atoms with Gasteiger partial charge < -0.3 is 10.2 Å². The maximum Gasteiger partial charge on any atom is 0.271 e. The molecule has 1 atom stereocenters. The fourth-order valence-corrected chi connectivity index (χ4v) is 4.67. The van der Waals surface area contributed by atoms with E-state index >= 15 is 0 Å². The Morgan fingerprint density at radius 3 is 2.31 bits per heavy atom. The molecule has 0 heterocycles. The van der Waals surface area contributed by atoms with E-state index in [4.69, 9.17) is 11.6 Å². The van der Waals surface area contributed by atoms with Crippen molar-refractivity contribution >= 4 is 44.8 Å². The number of nitrogens with zero attached hydrogens (tertiary/aromatic N) is 3. The first-order chi connectivity index (χ1) is 16.9. The fraction of sp³-hybridized carbons (Fsp3) is 0.417. The van der Waals surface area contributed by atoms with E-state index in [1.165, 1.54) is 17.0 Å². The molecule has 196 valence electrons. The third-order valence-corrected chi connectivity index (χ3v) is 6.93. The second kappa shape index (κ2) is 12.7. The highest BCUT2D eigenvalue weighted by Gasteiger charge is 2.32. The lowest BCUT2D eigenvalue weighted by Gasteiger charge is -2.33. The Morgan fingerprint density at radius 2 is 1.78 bits per heavy atom. The molecule has 2 aromatic rings. The summed E-state index contributed by atoms with van der Waals surface area (Å²) in [7, 11) is -4.01. The average Bonchev–Trinajstić information content (AvgIpc) is 2.81. The highest BCUT2D eigenvalue weighted by atomic mass is 35.5. The Hall–Kier alpha value is -3.18. The number of halogens is 1. The van der Waals surface area contributed by atoms with Crippen LogP contribution in [0.4, 0.5) is 11.4 Å². The number of non-ortho nitro benzene ring substituents is 1. The van der Waals surface area contributed by atoms with E-state index in [1.807, 2.05) is 6.92 Å². The van der Waals surface area contributed by atoms with Gasteiger partial charge in [0.1, 0.15) is 12.6 Å². The lowest BCUT2D eigenvalue weighted by Crippen LogP contribution is -2.52. The van der Waals surface area contributed by atoms with Crippen LogP contribution in [0.2, 0.25) is 5.02 Å². The van der Waals surface area contributed by atoms with E-state index in [1.54, 1.807) is 38.1 Å². The second-order valence-corrected chi connectivity index (χ2v) is 10.7. The molecule has 1 N–H and O–H groups in total. The van der Waals surface area contributed by atoms with Crippen molar-refractivity contribution in [3.8, 4) is 0 Å². The number of rotatable bonds is 12. The lowest BCUT2D eigenvalue weighted by atomic mass is 10.1. The maximum absolute atomic E-state index is 13.6. The van der Waals surface area contributed by atoms with Gasteiger partial charge in [0.2, 0.25) is 21.8 Å². The van der Waals surface area contributed by atoms with Gasteiger partial charge in [0.25, 0.3) is 5.69 Å². The van der Waals surface area contributed by atoms with Crippen molar-refractivity contribution in [2.45, 2.75) is 46.2 Å². The van der Waals surface area contributed by atoms with Gasteiger partial charge in [0.15, 0.2) is 0 Å². The number of carbonyl (C=O) groups excluding carboxylic acids is 2. The molecule has 0 aliphatic rings. The summed E-state index contributed by atoms with van der Waals surface area (Å²) in [5, 5.41) is 14.6. The van der Waals surface area contributed by atoms with Crippen LogP contribution in [0.5, 0.6) is 0 Å². The van der Waals surface area contributed by atoms with Crippen molar-refractivity contribution in [1.82, 2.24) is 10.2 Å². The first-order valence-corrected chi connectivity index (χ1v) is 13.7. The number of carbonyl (C=O) groups is 2. The molecule has 0 radical (unpaired) electrons. The van der Waals surface area contributed by atoms with Gasteiger partial charge in [0, 0.05) is 30.2 Å². The number of nitro groups is 1.